The van der Waals surface area contributed by atoms with Gasteiger partial charge in [0.05, 0.1) is 17.4 Å². The average molecular weight is 304 g/mol. The number of hydrogen-bond donors (Lipinski definition) is 1. The summed E-state index contributed by atoms with van der Waals surface area (Å²) in [6, 6.07) is 3.61. The lowest BCUT2D eigenvalue weighted by molar-refractivity contribution is 0.0763. The molecule has 118 valence electrons. The highest BCUT2D eigenvalue weighted by molar-refractivity contribution is 5.95. The zero-order valence-electron chi connectivity index (χ0n) is 13.0. The molecule has 1 fully saturated rings. The summed E-state index contributed by atoms with van der Waals surface area (Å²) in [4.78, 5) is 14.2. The van der Waals surface area contributed by atoms with Crippen molar-refractivity contribution >= 4 is 5.91 Å². The lowest BCUT2D eigenvalue weighted by Gasteiger charge is -2.15. The van der Waals surface area contributed by atoms with Crippen LogP contribution in [0.3, 0.4) is 0 Å². The number of aromatic nitrogens is 1. The minimum atomic E-state index is -0.553. The van der Waals surface area contributed by atoms with Crippen LogP contribution in [0, 0.1) is 26.7 Å². The first-order valence-corrected chi connectivity index (χ1v) is 7.40. The summed E-state index contributed by atoms with van der Waals surface area (Å²) >= 11 is 0. The molecule has 2 atom stereocenters. The van der Waals surface area contributed by atoms with Gasteiger partial charge >= 0.3 is 0 Å². The van der Waals surface area contributed by atoms with Crippen molar-refractivity contribution in [2.75, 3.05) is 13.1 Å². The maximum absolute atomic E-state index is 12.5. The van der Waals surface area contributed by atoms with Gasteiger partial charge in [0, 0.05) is 31.5 Å². The quantitative estimate of drug-likeness (QED) is 0.936. The van der Waals surface area contributed by atoms with Gasteiger partial charge in [-0.15, -0.1) is 0 Å². The van der Waals surface area contributed by atoms with Gasteiger partial charge in [-0.3, -0.25) is 4.79 Å². The molecule has 2 aromatic rings. The van der Waals surface area contributed by atoms with Gasteiger partial charge in [0.2, 0.25) is 0 Å². The average Bonchev–Trinajstić information content (AvgIpc) is 3.11. The molecule has 1 amide bonds. The fourth-order valence-electron chi connectivity index (χ4n) is 3.00. The number of rotatable bonds is 3. The third kappa shape index (κ3) is 2.78. The SMILES string of the molecule is Cc1cc(C[C@@H]2CN(C(=O)c3cc(C)oc3C)C[C@H]2O)on1. The maximum atomic E-state index is 12.5. The third-order valence-corrected chi connectivity index (χ3v) is 4.11. The smallest absolute Gasteiger partial charge is 0.257 e. The van der Waals surface area contributed by atoms with Crippen molar-refractivity contribution in [2.24, 2.45) is 5.92 Å². The molecule has 1 N–H and O–H groups in total. The Balaban J connectivity index is 1.70. The van der Waals surface area contributed by atoms with Crippen LogP contribution in [0.4, 0.5) is 0 Å². The summed E-state index contributed by atoms with van der Waals surface area (Å²) in [5.74, 6) is 1.95. The molecule has 3 heterocycles. The summed E-state index contributed by atoms with van der Waals surface area (Å²) in [5.41, 5.74) is 1.39. The third-order valence-electron chi connectivity index (χ3n) is 4.11. The van der Waals surface area contributed by atoms with Crippen molar-refractivity contribution in [1.29, 1.82) is 0 Å². The molecule has 6 heteroatoms. The predicted molar refractivity (Wildman–Crippen MR) is 78.5 cm³/mol. The van der Waals surface area contributed by atoms with Crippen LogP contribution in [0.25, 0.3) is 0 Å². The van der Waals surface area contributed by atoms with Gasteiger partial charge in [-0.1, -0.05) is 5.16 Å². The number of nitrogens with zero attached hydrogens (tertiary/aromatic N) is 2. The molecule has 0 saturated carbocycles. The Hall–Kier alpha value is -2.08. The molecule has 22 heavy (non-hydrogen) atoms. The lowest BCUT2D eigenvalue weighted by Crippen LogP contribution is -2.29. The van der Waals surface area contributed by atoms with E-state index in [1.54, 1.807) is 17.9 Å². The van der Waals surface area contributed by atoms with E-state index in [1.807, 2.05) is 19.9 Å². The maximum Gasteiger partial charge on any atom is 0.257 e. The number of furan rings is 1. The number of likely N-dealkylation sites (tertiary alicyclic amines) is 1. The predicted octanol–water partition coefficient (Wildman–Crippen LogP) is 1.87. The minimum absolute atomic E-state index is 0.0374. The van der Waals surface area contributed by atoms with Crippen LogP contribution >= 0.6 is 0 Å². The number of hydrogen-bond acceptors (Lipinski definition) is 5. The normalized spacial score (nSPS) is 21.5. The van der Waals surface area contributed by atoms with E-state index in [0.29, 0.717) is 36.6 Å². The summed E-state index contributed by atoms with van der Waals surface area (Å²) in [7, 11) is 0. The Labute approximate surface area is 128 Å². The number of aliphatic hydroxyl groups excluding tert-OH is 1. The molecule has 0 spiro atoms. The molecule has 1 saturated heterocycles. The fraction of sp³-hybridized carbons (Fsp3) is 0.500. The Morgan fingerprint density at radius 1 is 1.36 bits per heavy atom. The molecule has 3 rings (SSSR count). The van der Waals surface area contributed by atoms with E-state index in [1.165, 1.54) is 0 Å². The zero-order chi connectivity index (χ0) is 15.9. The van der Waals surface area contributed by atoms with Crippen molar-refractivity contribution in [3.63, 3.8) is 0 Å². The van der Waals surface area contributed by atoms with E-state index in [2.05, 4.69) is 5.16 Å². The molecular formula is C16H20N2O4. The first-order chi connectivity index (χ1) is 10.4. The number of carbonyl (C=O) groups excluding carboxylic acids is 1. The summed E-state index contributed by atoms with van der Waals surface area (Å²) < 4.78 is 10.6. The molecule has 0 radical (unpaired) electrons. The summed E-state index contributed by atoms with van der Waals surface area (Å²) in [6.45, 7) is 6.29. The molecule has 0 aromatic carbocycles. The van der Waals surface area contributed by atoms with Gasteiger partial charge in [-0.25, -0.2) is 0 Å². The van der Waals surface area contributed by atoms with Crippen LogP contribution < -0.4 is 0 Å². The molecule has 2 aromatic heterocycles. The monoisotopic (exact) mass is 304 g/mol. The number of carbonyl (C=O) groups is 1. The van der Waals surface area contributed by atoms with Gasteiger partial charge in [0.15, 0.2) is 0 Å². The van der Waals surface area contributed by atoms with Crippen LogP contribution in [-0.4, -0.2) is 40.3 Å². The van der Waals surface area contributed by atoms with Crippen LogP contribution in [0.5, 0.6) is 0 Å². The summed E-state index contributed by atoms with van der Waals surface area (Å²) in [6.07, 6.45) is 0.0255. The van der Waals surface area contributed by atoms with E-state index in [9.17, 15) is 9.90 Å². The van der Waals surface area contributed by atoms with Crippen molar-refractivity contribution in [3.8, 4) is 0 Å². The highest BCUT2D eigenvalue weighted by Crippen LogP contribution is 2.25. The van der Waals surface area contributed by atoms with Gasteiger partial charge in [-0.05, 0) is 26.8 Å². The molecule has 1 aliphatic heterocycles. The van der Waals surface area contributed by atoms with E-state index in [-0.39, 0.29) is 11.8 Å². The first kappa shape index (κ1) is 14.8. The largest absolute Gasteiger partial charge is 0.466 e. The number of aliphatic hydroxyl groups is 1. The fourth-order valence-corrected chi connectivity index (χ4v) is 3.00. The van der Waals surface area contributed by atoms with Crippen LogP contribution in [-0.2, 0) is 6.42 Å². The van der Waals surface area contributed by atoms with Crippen molar-refractivity contribution in [1.82, 2.24) is 10.1 Å². The standard InChI is InChI=1S/C16H20N2O4/c1-9-4-13(22-17-9)6-12-7-18(8-15(12)19)16(20)14-5-10(2)21-11(14)3/h4-5,12,15,19H,6-8H2,1-3H3/t12-,15-/m1/s1. The van der Waals surface area contributed by atoms with E-state index in [4.69, 9.17) is 8.94 Å². The lowest BCUT2D eigenvalue weighted by atomic mass is 10.0. The van der Waals surface area contributed by atoms with E-state index >= 15 is 0 Å². The molecule has 1 aliphatic rings. The van der Waals surface area contributed by atoms with Crippen molar-refractivity contribution in [2.45, 2.75) is 33.3 Å². The second-order valence-corrected chi connectivity index (χ2v) is 6.00. The van der Waals surface area contributed by atoms with Gasteiger partial charge in [0.25, 0.3) is 5.91 Å². The van der Waals surface area contributed by atoms with Crippen LogP contribution in [0.1, 0.15) is 33.3 Å². The zero-order valence-corrected chi connectivity index (χ0v) is 13.0. The Morgan fingerprint density at radius 3 is 2.73 bits per heavy atom. The van der Waals surface area contributed by atoms with E-state index in [0.717, 1.165) is 11.5 Å². The topological polar surface area (TPSA) is 79.7 Å². The Morgan fingerprint density at radius 2 is 2.14 bits per heavy atom. The van der Waals surface area contributed by atoms with Crippen molar-refractivity contribution < 1.29 is 18.8 Å². The van der Waals surface area contributed by atoms with Crippen LogP contribution in [0.15, 0.2) is 21.1 Å². The first-order valence-electron chi connectivity index (χ1n) is 7.40. The van der Waals surface area contributed by atoms with E-state index < -0.39 is 6.10 Å². The Kier molecular flexibility index (Phi) is 3.78. The van der Waals surface area contributed by atoms with Gasteiger partial charge in [0.1, 0.15) is 17.3 Å². The Bertz CT molecular complexity index is 688. The van der Waals surface area contributed by atoms with Gasteiger partial charge < -0.3 is 18.9 Å². The molecule has 0 bridgehead atoms. The van der Waals surface area contributed by atoms with Gasteiger partial charge in [-0.2, -0.15) is 0 Å². The van der Waals surface area contributed by atoms with Crippen LogP contribution in [0.2, 0.25) is 0 Å². The summed E-state index contributed by atoms with van der Waals surface area (Å²) in [5, 5.41) is 14.1. The second-order valence-electron chi connectivity index (χ2n) is 6.00. The molecule has 0 aliphatic carbocycles. The molecule has 0 unspecified atom stereocenters. The molecule has 6 nitrogen and oxygen atoms in total. The minimum Gasteiger partial charge on any atom is -0.466 e. The number of β-amino-alcohol motifs (C(OH)–C–C–N with tert-alkyl or cyclic N) is 1. The van der Waals surface area contributed by atoms with Crippen molar-refractivity contribution in [3.05, 3.63) is 40.7 Å². The second kappa shape index (κ2) is 5.61. The molecular weight excluding hydrogens is 284 g/mol. The highest BCUT2D eigenvalue weighted by Gasteiger charge is 2.36. The number of amides is 1. The highest BCUT2D eigenvalue weighted by atomic mass is 16.5. The number of aryl methyl sites for hydroxylation is 3.